The predicted octanol–water partition coefficient (Wildman–Crippen LogP) is 10.7. The monoisotopic (exact) mass is 833 g/mol. The van der Waals surface area contributed by atoms with Gasteiger partial charge in [-0.1, -0.05) is 137 Å². The van der Waals surface area contributed by atoms with Crippen LogP contribution in [0.3, 0.4) is 0 Å². The quantitative estimate of drug-likeness (QED) is 0.0368. The molecule has 2 rings (SSSR count). The fourth-order valence-electron chi connectivity index (χ4n) is 6.59. The van der Waals surface area contributed by atoms with Gasteiger partial charge < -0.3 is 32.5 Å². The number of rotatable bonds is 34. The molecule has 0 N–H and O–H groups in total. The Bertz CT molecular complexity index is 1460. The number of ether oxygens (including phenoxy) is 5. The number of hydrogen-bond acceptors (Lipinski definition) is 14. The molecule has 2 aromatic rings. The molecule has 0 saturated heterocycles. The molecule has 0 aliphatic heterocycles. The third kappa shape index (κ3) is 21.0. The summed E-state index contributed by atoms with van der Waals surface area (Å²) in [6, 6.07) is 0. The van der Waals surface area contributed by atoms with Crippen molar-refractivity contribution in [3.05, 3.63) is 36.2 Å². The van der Waals surface area contributed by atoms with Gasteiger partial charge >= 0.3 is 29.8 Å². The number of carbonyl (C=O) groups excluding carboxylic acids is 5. The van der Waals surface area contributed by atoms with Gasteiger partial charge in [0.05, 0.1) is 6.20 Å². The summed E-state index contributed by atoms with van der Waals surface area (Å²) < 4.78 is 39.7. The molecular formula is C45H72N2O12. The van der Waals surface area contributed by atoms with Gasteiger partial charge in [-0.05, 0) is 13.3 Å². The number of oxazole rings is 2. The SMILES string of the molecule is CCCCCCCCCCCCCCCCCCCC(=O)OC(c1cnco1)c1nc(C(CC(OC(=O)CC)C(OC(=O)CC)C(C)OC(=O)CC)OC(=O)CC)co1. The highest BCUT2D eigenvalue weighted by Crippen LogP contribution is 2.32. The van der Waals surface area contributed by atoms with E-state index in [4.69, 9.17) is 32.5 Å². The van der Waals surface area contributed by atoms with Crippen molar-refractivity contribution in [3.8, 4) is 0 Å². The van der Waals surface area contributed by atoms with Crippen molar-refractivity contribution in [1.82, 2.24) is 9.97 Å². The van der Waals surface area contributed by atoms with Crippen LogP contribution in [-0.2, 0) is 47.7 Å². The van der Waals surface area contributed by atoms with Gasteiger partial charge in [0.25, 0.3) is 0 Å². The fraction of sp³-hybridized carbons (Fsp3) is 0.756. The van der Waals surface area contributed by atoms with Crippen LogP contribution in [0.1, 0.15) is 219 Å². The first-order chi connectivity index (χ1) is 28.6. The molecule has 14 nitrogen and oxygen atoms in total. The first kappa shape index (κ1) is 50.9. The summed E-state index contributed by atoms with van der Waals surface area (Å²) in [5.74, 6) is -2.76. The lowest BCUT2D eigenvalue weighted by molar-refractivity contribution is -0.187. The molecule has 5 atom stereocenters. The van der Waals surface area contributed by atoms with Crippen molar-refractivity contribution in [2.45, 2.75) is 220 Å². The molecule has 334 valence electrons. The second-order valence-electron chi connectivity index (χ2n) is 15.1. The Morgan fingerprint density at radius 2 is 1.07 bits per heavy atom. The summed E-state index contributed by atoms with van der Waals surface area (Å²) in [6.07, 6.45) is 19.0. The highest BCUT2D eigenvalue weighted by Gasteiger charge is 2.39. The van der Waals surface area contributed by atoms with Gasteiger partial charge in [0.2, 0.25) is 12.0 Å². The Balaban J connectivity index is 2.03. The molecule has 0 spiro atoms. The molecule has 2 aromatic heterocycles. The van der Waals surface area contributed by atoms with Gasteiger partial charge in [0, 0.05) is 38.5 Å². The lowest BCUT2D eigenvalue weighted by Crippen LogP contribution is -2.45. The van der Waals surface area contributed by atoms with E-state index in [0.717, 1.165) is 19.3 Å². The van der Waals surface area contributed by atoms with Crippen molar-refractivity contribution in [2.24, 2.45) is 0 Å². The Labute approximate surface area is 351 Å². The summed E-state index contributed by atoms with van der Waals surface area (Å²) >= 11 is 0. The molecule has 2 heterocycles. The van der Waals surface area contributed by atoms with Crippen LogP contribution >= 0.6 is 0 Å². The molecule has 5 unspecified atom stereocenters. The first-order valence-corrected chi connectivity index (χ1v) is 22.4. The third-order valence-corrected chi connectivity index (χ3v) is 10.1. The van der Waals surface area contributed by atoms with E-state index in [2.05, 4.69) is 16.9 Å². The second kappa shape index (κ2) is 30.8. The minimum atomic E-state index is -1.25. The van der Waals surface area contributed by atoms with E-state index < -0.39 is 60.4 Å². The zero-order valence-corrected chi connectivity index (χ0v) is 36.7. The van der Waals surface area contributed by atoms with Crippen molar-refractivity contribution in [2.75, 3.05) is 0 Å². The van der Waals surface area contributed by atoms with Crippen LogP contribution in [0.2, 0.25) is 0 Å². The van der Waals surface area contributed by atoms with Gasteiger partial charge in [0.15, 0.2) is 24.4 Å². The van der Waals surface area contributed by atoms with Gasteiger partial charge in [-0.2, -0.15) is 0 Å². The highest BCUT2D eigenvalue weighted by molar-refractivity contribution is 5.71. The van der Waals surface area contributed by atoms with Crippen LogP contribution in [0, 0.1) is 0 Å². The largest absolute Gasteiger partial charge is 0.459 e. The van der Waals surface area contributed by atoms with Gasteiger partial charge in [-0.3, -0.25) is 24.0 Å². The molecule has 0 amide bonds. The normalized spacial score (nSPS) is 13.8. The number of nitrogens with zero attached hydrogens (tertiary/aromatic N) is 2. The van der Waals surface area contributed by atoms with E-state index in [1.807, 2.05) is 0 Å². The fourth-order valence-corrected chi connectivity index (χ4v) is 6.59. The highest BCUT2D eigenvalue weighted by atomic mass is 16.6. The third-order valence-electron chi connectivity index (χ3n) is 10.1. The van der Waals surface area contributed by atoms with Crippen molar-refractivity contribution < 1.29 is 56.5 Å². The average Bonchev–Trinajstić information content (AvgIpc) is 3.96. The topological polar surface area (TPSA) is 184 Å². The number of hydrogen-bond donors (Lipinski definition) is 0. The minimum Gasteiger partial charge on any atom is -0.459 e. The van der Waals surface area contributed by atoms with Crippen molar-refractivity contribution in [3.63, 3.8) is 0 Å². The Morgan fingerprint density at radius 1 is 0.576 bits per heavy atom. The molecule has 0 saturated carbocycles. The predicted molar refractivity (Wildman–Crippen MR) is 220 cm³/mol. The average molecular weight is 833 g/mol. The lowest BCUT2D eigenvalue weighted by atomic mass is 10.0. The number of esters is 5. The second-order valence-corrected chi connectivity index (χ2v) is 15.1. The van der Waals surface area contributed by atoms with Crippen molar-refractivity contribution >= 4 is 29.8 Å². The summed E-state index contributed by atoms with van der Waals surface area (Å²) in [6.45, 7) is 10.2. The molecular weight excluding hydrogens is 760 g/mol. The van der Waals surface area contributed by atoms with E-state index >= 15 is 0 Å². The van der Waals surface area contributed by atoms with Crippen molar-refractivity contribution in [1.29, 1.82) is 0 Å². The maximum Gasteiger partial charge on any atom is 0.307 e. The number of aromatic nitrogens is 2. The smallest absolute Gasteiger partial charge is 0.307 e. The molecule has 0 bridgehead atoms. The molecule has 59 heavy (non-hydrogen) atoms. The Kier molecular flexibility index (Phi) is 26.5. The van der Waals surface area contributed by atoms with E-state index in [9.17, 15) is 24.0 Å². The molecule has 0 aromatic carbocycles. The molecule has 14 heteroatoms. The van der Waals surface area contributed by atoms with Gasteiger partial charge in [0.1, 0.15) is 24.2 Å². The van der Waals surface area contributed by atoms with Crippen LogP contribution in [0.5, 0.6) is 0 Å². The summed E-state index contributed by atoms with van der Waals surface area (Å²) in [5.41, 5.74) is 0.104. The number of unbranched alkanes of at least 4 members (excludes halogenated alkanes) is 16. The maximum atomic E-state index is 13.1. The van der Waals surface area contributed by atoms with Crippen LogP contribution in [0.4, 0.5) is 0 Å². The van der Waals surface area contributed by atoms with Crippen LogP contribution in [0.25, 0.3) is 0 Å². The van der Waals surface area contributed by atoms with Gasteiger partial charge in [-0.15, -0.1) is 0 Å². The molecule has 0 fully saturated rings. The zero-order chi connectivity index (χ0) is 43.3. The van der Waals surface area contributed by atoms with Crippen LogP contribution in [0.15, 0.2) is 27.7 Å². The molecule has 0 aliphatic carbocycles. The minimum absolute atomic E-state index is 0.00152. The lowest BCUT2D eigenvalue weighted by Gasteiger charge is -2.32. The number of carbonyl (C=O) groups is 5. The van der Waals surface area contributed by atoms with E-state index in [1.165, 1.54) is 109 Å². The zero-order valence-electron chi connectivity index (χ0n) is 36.7. The van der Waals surface area contributed by atoms with E-state index in [1.54, 1.807) is 27.7 Å². The van der Waals surface area contributed by atoms with E-state index in [0.29, 0.717) is 6.42 Å². The summed E-state index contributed by atoms with van der Waals surface area (Å²) in [5, 5.41) is 0. The first-order valence-electron chi connectivity index (χ1n) is 22.4. The van der Waals surface area contributed by atoms with E-state index in [-0.39, 0.29) is 55.9 Å². The summed E-state index contributed by atoms with van der Waals surface area (Å²) in [4.78, 5) is 71.7. The van der Waals surface area contributed by atoms with Gasteiger partial charge in [-0.25, -0.2) is 9.97 Å². The molecule has 0 aliphatic rings. The summed E-state index contributed by atoms with van der Waals surface area (Å²) in [7, 11) is 0. The van der Waals surface area contributed by atoms with Crippen LogP contribution in [-0.4, -0.2) is 58.1 Å². The Hall–Kier alpha value is -4.23. The van der Waals surface area contributed by atoms with Crippen LogP contribution < -0.4 is 0 Å². The maximum absolute atomic E-state index is 13.1. The molecule has 0 radical (unpaired) electrons. The standard InChI is InChI=1S/C45H72N2O12/c1-7-12-13-14-15-16-17-18-19-20-21-22-23-24-25-26-27-28-42(52)59-44(37-30-46-32-54-37)45-47-34(31-53-45)35(56-39(49)9-3)29-36(57-40(50)10-4)43(58-41(51)11-5)33(6)55-38(48)8-2/h30-33,35-36,43-44H,7-29H2,1-6H3. The Morgan fingerprint density at radius 3 is 1.58 bits per heavy atom.